The molecule has 0 radical (unpaired) electrons. The Morgan fingerprint density at radius 3 is 2.50 bits per heavy atom. The predicted molar refractivity (Wildman–Crippen MR) is 51.8 cm³/mol. The fourth-order valence-corrected chi connectivity index (χ4v) is 0.781. The van der Waals surface area contributed by atoms with Crippen molar-refractivity contribution in [3.05, 3.63) is 30.1 Å². The lowest BCUT2D eigenvalue weighted by Crippen LogP contribution is -2.41. The van der Waals surface area contributed by atoms with Crippen molar-refractivity contribution in [1.82, 2.24) is 5.43 Å². The van der Waals surface area contributed by atoms with Gasteiger partial charge >= 0.3 is 0 Å². The molecule has 0 saturated heterocycles. The van der Waals surface area contributed by atoms with Crippen molar-refractivity contribution in [2.75, 3.05) is 5.43 Å². The van der Waals surface area contributed by atoms with Gasteiger partial charge in [0.1, 0.15) is 5.82 Å². The first kappa shape index (κ1) is 10.5. The molecule has 4 nitrogen and oxygen atoms in total. The normalized spacial score (nSPS) is 11.9. The lowest BCUT2D eigenvalue weighted by molar-refractivity contribution is -0.121. The number of rotatable bonds is 3. The fourth-order valence-electron chi connectivity index (χ4n) is 0.781. The second-order valence-electron chi connectivity index (χ2n) is 2.91. The van der Waals surface area contributed by atoms with Gasteiger partial charge in [0.05, 0.1) is 11.7 Å². The summed E-state index contributed by atoms with van der Waals surface area (Å²) in [6.07, 6.45) is 0. The molecule has 76 valence electrons. The summed E-state index contributed by atoms with van der Waals surface area (Å²) < 4.78 is 12.5. The second-order valence-corrected chi connectivity index (χ2v) is 2.91. The van der Waals surface area contributed by atoms with Gasteiger partial charge in [0.15, 0.2) is 0 Å². The van der Waals surface area contributed by atoms with E-state index in [1.54, 1.807) is 6.92 Å². The Morgan fingerprint density at radius 1 is 1.43 bits per heavy atom. The van der Waals surface area contributed by atoms with Crippen molar-refractivity contribution in [3.8, 4) is 0 Å². The molecule has 4 N–H and O–H groups in total. The van der Waals surface area contributed by atoms with Crippen LogP contribution in [0.1, 0.15) is 6.92 Å². The summed E-state index contributed by atoms with van der Waals surface area (Å²) in [7, 11) is 0. The SMILES string of the molecule is C[C@H](N)C(=O)NNc1ccc(F)cc1. The minimum Gasteiger partial charge on any atom is -0.320 e. The first-order valence-corrected chi connectivity index (χ1v) is 4.16. The van der Waals surface area contributed by atoms with Gasteiger partial charge in [0.2, 0.25) is 0 Å². The van der Waals surface area contributed by atoms with Crippen LogP contribution in [0, 0.1) is 5.82 Å². The van der Waals surface area contributed by atoms with Gasteiger partial charge in [-0.1, -0.05) is 0 Å². The van der Waals surface area contributed by atoms with Crippen LogP contribution in [0.3, 0.4) is 0 Å². The van der Waals surface area contributed by atoms with E-state index < -0.39 is 6.04 Å². The minimum absolute atomic E-state index is 0.325. The number of nitrogens with one attached hydrogen (secondary N) is 2. The third kappa shape index (κ3) is 3.02. The molecule has 0 saturated carbocycles. The van der Waals surface area contributed by atoms with Crippen molar-refractivity contribution >= 4 is 11.6 Å². The zero-order valence-electron chi connectivity index (χ0n) is 7.75. The molecule has 0 aliphatic carbocycles. The minimum atomic E-state index is -0.581. The van der Waals surface area contributed by atoms with Crippen LogP contribution in [0.4, 0.5) is 10.1 Å². The van der Waals surface area contributed by atoms with Gasteiger partial charge in [0.25, 0.3) is 5.91 Å². The van der Waals surface area contributed by atoms with Crippen LogP contribution in [0.2, 0.25) is 0 Å². The molecular formula is C9H12FN3O. The van der Waals surface area contributed by atoms with E-state index in [0.29, 0.717) is 5.69 Å². The predicted octanol–water partition coefficient (Wildman–Crippen LogP) is 0.616. The number of amides is 1. The van der Waals surface area contributed by atoms with Crippen molar-refractivity contribution in [3.63, 3.8) is 0 Å². The zero-order chi connectivity index (χ0) is 10.6. The van der Waals surface area contributed by atoms with Crippen LogP contribution < -0.4 is 16.6 Å². The maximum absolute atomic E-state index is 12.5. The van der Waals surface area contributed by atoms with E-state index in [0.717, 1.165) is 0 Å². The summed E-state index contributed by atoms with van der Waals surface area (Å²) in [5.41, 5.74) is 10.9. The number of benzene rings is 1. The highest BCUT2D eigenvalue weighted by Gasteiger charge is 2.05. The van der Waals surface area contributed by atoms with Crippen LogP contribution >= 0.6 is 0 Å². The summed E-state index contributed by atoms with van der Waals surface area (Å²) in [6, 6.07) is 5.02. The van der Waals surface area contributed by atoms with Crippen molar-refractivity contribution in [2.24, 2.45) is 5.73 Å². The summed E-state index contributed by atoms with van der Waals surface area (Å²) >= 11 is 0. The Morgan fingerprint density at radius 2 is 2.00 bits per heavy atom. The Labute approximate surface area is 81.3 Å². The highest BCUT2D eigenvalue weighted by molar-refractivity contribution is 5.82. The molecule has 0 aromatic heterocycles. The van der Waals surface area contributed by atoms with Gasteiger partial charge in [-0.2, -0.15) is 0 Å². The fraction of sp³-hybridized carbons (Fsp3) is 0.222. The average Bonchev–Trinajstić information content (AvgIpc) is 2.16. The summed E-state index contributed by atoms with van der Waals surface area (Å²) in [6.45, 7) is 1.57. The van der Waals surface area contributed by atoms with Gasteiger partial charge in [-0.3, -0.25) is 15.6 Å². The Balaban J connectivity index is 2.46. The maximum atomic E-state index is 12.5. The number of anilines is 1. The summed E-state index contributed by atoms with van der Waals surface area (Å²) in [4.78, 5) is 11.0. The van der Waals surface area contributed by atoms with Gasteiger partial charge in [-0.25, -0.2) is 4.39 Å². The highest BCUT2D eigenvalue weighted by atomic mass is 19.1. The quantitative estimate of drug-likeness (QED) is 0.622. The van der Waals surface area contributed by atoms with Crippen molar-refractivity contribution < 1.29 is 9.18 Å². The van der Waals surface area contributed by atoms with E-state index in [1.165, 1.54) is 24.3 Å². The molecule has 1 rings (SSSR count). The lowest BCUT2D eigenvalue weighted by Gasteiger charge is -2.09. The van der Waals surface area contributed by atoms with Crippen molar-refractivity contribution in [1.29, 1.82) is 0 Å². The molecule has 0 fully saturated rings. The standard InChI is InChI=1S/C9H12FN3O/c1-6(11)9(14)13-12-8-4-2-7(10)3-5-8/h2-6,12H,11H2,1H3,(H,13,14)/t6-/m0/s1. The molecule has 1 amide bonds. The van der Waals surface area contributed by atoms with E-state index in [1.807, 2.05) is 0 Å². The van der Waals surface area contributed by atoms with Crippen LogP contribution in [-0.4, -0.2) is 11.9 Å². The molecule has 1 aromatic rings. The molecule has 0 unspecified atom stereocenters. The molecule has 14 heavy (non-hydrogen) atoms. The van der Waals surface area contributed by atoms with Crippen LogP contribution in [0.25, 0.3) is 0 Å². The number of nitrogens with two attached hydrogens (primary N) is 1. The Kier molecular flexibility index (Phi) is 3.41. The first-order chi connectivity index (χ1) is 6.59. The number of hydrazine groups is 1. The average molecular weight is 197 g/mol. The van der Waals surface area contributed by atoms with Crippen LogP contribution in [0.15, 0.2) is 24.3 Å². The monoisotopic (exact) mass is 197 g/mol. The smallest absolute Gasteiger partial charge is 0.254 e. The molecule has 1 aromatic carbocycles. The summed E-state index contributed by atoms with van der Waals surface area (Å²) in [5.74, 6) is -0.650. The molecule has 5 heteroatoms. The molecule has 0 aliphatic rings. The first-order valence-electron chi connectivity index (χ1n) is 4.16. The Bertz CT molecular complexity index is 310. The molecular weight excluding hydrogens is 185 g/mol. The number of carbonyl (C=O) groups is 1. The molecule has 0 heterocycles. The second kappa shape index (κ2) is 4.57. The largest absolute Gasteiger partial charge is 0.320 e. The number of halogens is 1. The molecule has 0 bridgehead atoms. The topological polar surface area (TPSA) is 67.2 Å². The molecule has 1 atom stereocenters. The van der Waals surface area contributed by atoms with E-state index in [2.05, 4.69) is 10.9 Å². The molecule has 0 spiro atoms. The third-order valence-corrected chi connectivity index (χ3v) is 1.59. The number of hydrogen-bond acceptors (Lipinski definition) is 3. The van der Waals surface area contributed by atoms with Crippen molar-refractivity contribution in [2.45, 2.75) is 13.0 Å². The zero-order valence-corrected chi connectivity index (χ0v) is 7.75. The van der Waals surface area contributed by atoms with E-state index in [9.17, 15) is 9.18 Å². The van der Waals surface area contributed by atoms with E-state index in [4.69, 9.17) is 5.73 Å². The summed E-state index contributed by atoms with van der Waals surface area (Å²) in [5, 5.41) is 0. The molecule has 0 aliphatic heterocycles. The van der Waals surface area contributed by atoms with Gasteiger partial charge in [0, 0.05) is 0 Å². The van der Waals surface area contributed by atoms with Gasteiger partial charge < -0.3 is 5.73 Å². The lowest BCUT2D eigenvalue weighted by atomic mass is 10.3. The van der Waals surface area contributed by atoms with E-state index >= 15 is 0 Å². The van der Waals surface area contributed by atoms with Gasteiger partial charge in [-0.05, 0) is 31.2 Å². The Hall–Kier alpha value is -1.62. The maximum Gasteiger partial charge on any atom is 0.254 e. The van der Waals surface area contributed by atoms with E-state index in [-0.39, 0.29) is 11.7 Å². The van der Waals surface area contributed by atoms with Gasteiger partial charge in [-0.15, -0.1) is 0 Å². The van der Waals surface area contributed by atoms with Crippen LogP contribution in [-0.2, 0) is 4.79 Å². The third-order valence-electron chi connectivity index (χ3n) is 1.59. The highest BCUT2D eigenvalue weighted by Crippen LogP contribution is 2.06. The van der Waals surface area contributed by atoms with Crippen LogP contribution in [0.5, 0.6) is 0 Å². The number of hydrogen-bond donors (Lipinski definition) is 3. The number of carbonyl (C=O) groups excluding carboxylic acids is 1.